The maximum atomic E-state index is 13.0. The summed E-state index contributed by atoms with van der Waals surface area (Å²) in [4.78, 5) is 23.3. The summed E-state index contributed by atoms with van der Waals surface area (Å²) in [5.74, 6) is 0.106. The molecular weight excluding hydrogens is 372 g/mol. The Morgan fingerprint density at radius 3 is 2.82 bits per heavy atom. The normalized spacial score (nSPS) is 15.7. The summed E-state index contributed by atoms with van der Waals surface area (Å²) in [5, 5.41) is 9.10. The number of benzene rings is 1. The average Bonchev–Trinajstić information content (AvgIpc) is 3.26. The molecule has 2 aromatic heterocycles. The van der Waals surface area contributed by atoms with Gasteiger partial charge in [0, 0.05) is 32.4 Å². The van der Waals surface area contributed by atoms with Crippen molar-refractivity contribution in [2.45, 2.75) is 44.7 Å². The van der Waals surface area contributed by atoms with E-state index in [1.54, 1.807) is 0 Å². The van der Waals surface area contributed by atoms with Gasteiger partial charge >= 0.3 is 0 Å². The van der Waals surface area contributed by atoms with Crippen LogP contribution in [0.15, 0.2) is 24.4 Å². The molecule has 0 bridgehead atoms. The van der Waals surface area contributed by atoms with E-state index >= 15 is 0 Å². The number of imidazole rings is 1. The van der Waals surface area contributed by atoms with E-state index in [-0.39, 0.29) is 12.5 Å². The quantitative estimate of drug-likeness (QED) is 0.689. The molecule has 1 N–H and O–H groups in total. The standard InChI is InChI=1S/C21H28N4O2S/c1-23(10-11-26)13-15-8-9-17-18(12-15)25-14-19(28-21(25)22-17)20(27)24(2)16-6-4-3-5-7-16/h8-9,12,14,16,26H,3-7,10-11,13H2,1-2H3. The first-order valence-electron chi connectivity index (χ1n) is 10.0. The third-order valence-corrected chi connectivity index (χ3v) is 6.73. The number of fused-ring (bicyclic) bond motifs is 3. The number of carbonyl (C=O) groups excluding carboxylic acids is 1. The minimum atomic E-state index is 0.106. The summed E-state index contributed by atoms with van der Waals surface area (Å²) >= 11 is 1.47. The minimum absolute atomic E-state index is 0.106. The van der Waals surface area contributed by atoms with Gasteiger partial charge in [0.1, 0.15) is 4.88 Å². The third-order valence-electron chi connectivity index (χ3n) is 5.76. The Labute approximate surface area is 169 Å². The van der Waals surface area contributed by atoms with Gasteiger partial charge < -0.3 is 10.0 Å². The van der Waals surface area contributed by atoms with Gasteiger partial charge in [-0.2, -0.15) is 0 Å². The molecule has 150 valence electrons. The van der Waals surface area contributed by atoms with E-state index in [4.69, 9.17) is 10.1 Å². The molecule has 0 spiro atoms. The largest absolute Gasteiger partial charge is 0.395 e. The van der Waals surface area contributed by atoms with Gasteiger partial charge in [-0.1, -0.05) is 36.7 Å². The molecule has 7 heteroatoms. The Morgan fingerprint density at radius 2 is 2.07 bits per heavy atom. The van der Waals surface area contributed by atoms with Crippen LogP contribution in [-0.4, -0.2) is 63.5 Å². The second-order valence-corrected chi connectivity index (χ2v) is 8.86. The van der Waals surface area contributed by atoms with Crippen LogP contribution in [0.4, 0.5) is 0 Å². The van der Waals surface area contributed by atoms with Crippen molar-refractivity contribution in [3.63, 3.8) is 0 Å². The van der Waals surface area contributed by atoms with Crippen LogP contribution in [0.25, 0.3) is 16.0 Å². The van der Waals surface area contributed by atoms with Crippen LogP contribution in [0, 0.1) is 0 Å². The zero-order chi connectivity index (χ0) is 19.7. The molecule has 0 atom stereocenters. The fourth-order valence-electron chi connectivity index (χ4n) is 4.12. The maximum absolute atomic E-state index is 13.0. The van der Waals surface area contributed by atoms with E-state index in [0.717, 1.165) is 40.3 Å². The van der Waals surface area contributed by atoms with E-state index in [0.29, 0.717) is 12.6 Å². The topological polar surface area (TPSA) is 61.1 Å². The third kappa shape index (κ3) is 3.79. The van der Waals surface area contributed by atoms with Gasteiger partial charge in [-0.25, -0.2) is 4.98 Å². The van der Waals surface area contributed by atoms with Crippen molar-refractivity contribution in [3.05, 3.63) is 34.8 Å². The van der Waals surface area contributed by atoms with E-state index in [1.165, 1.54) is 36.2 Å². The van der Waals surface area contributed by atoms with Crippen LogP contribution in [0.2, 0.25) is 0 Å². The lowest BCUT2D eigenvalue weighted by atomic mass is 9.94. The van der Waals surface area contributed by atoms with Crippen molar-refractivity contribution in [3.8, 4) is 0 Å². The average molecular weight is 401 g/mol. The second kappa shape index (κ2) is 8.19. The molecule has 0 saturated heterocycles. The van der Waals surface area contributed by atoms with E-state index in [9.17, 15) is 4.79 Å². The number of thiazole rings is 1. The molecule has 3 aromatic rings. The zero-order valence-corrected chi connectivity index (χ0v) is 17.4. The molecule has 1 saturated carbocycles. The SMILES string of the molecule is CN(CCO)Cc1ccc2nc3sc(C(=O)N(C)C4CCCCC4)cn3c2c1. The number of aromatic nitrogens is 2. The smallest absolute Gasteiger partial charge is 0.265 e. The molecule has 1 fully saturated rings. The van der Waals surface area contributed by atoms with Crippen molar-refractivity contribution in [1.29, 1.82) is 0 Å². The van der Waals surface area contributed by atoms with Gasteiger partial charge in [-0.05, 0) is 37.6 Å². The van der Waals surface area contributed by atoms with Crippen molar-refractivity contribution < 1.29 is 9.90 Å². The molecule has 1 amide bonds. The molecule has 1 aromatic carbocycles. The van der Waals surface area contributed by atoms with E-state index in [2.05, 4.69) is 17.0 Å². The minimum Gasteiger partial charge on any atom is -0.395 e. The van der Waals surface area contributed by atoms with Crippen molar-refractivity contribution in [2.75, 3.05) is 27.2 Å². The Hall–Kier alpha value is -1.96. The van der Waals surface area contributed by atoms with Crippen LogP contribution >= 0.6 is 11.3 Å². The summed E-state index contributed by atoms with van der Waals surface area (Å²) in [6, 6.07) is 6.61. The summed E-state index contributed by atoms with van der Waals surface area (Å²) < 4.78 is 2.04. The van der Waals surface area contributed by atoms with E-state index in [1.807, 2.05) is 35.7 Å². The highest BCUT2D eigenvalue weighted by Gasteiger charge is 2.25. The summed E-state index contributed by atoms with van der Waals surface area (Å²) in [5.41, 5.74) is 3.14. The number of aliphatic hydroxyl groups is 1. The number of hydrogen-bond donors (Lipinski definition) is 1. The number of aliphatic hydroxyl groups excluding tert-OH is 1. The van der Waals surface area contributed by atoms with Gasteiger partial charge in [0.25, 0.3) is 5.91 Å². The number of carbonyl (C=O) groups is 1. The number of nitrogens with zero attached hydrogens (tertiary/aromatic N) is 4. The molecule has 1 aliphatic rings. The summed E-state index contributed by atoms with van der Waals surface area (Å²) in [6.45, 7) is 1.56. The number of likely N-dealkylation sites (N-methyl/N-ethyl adjacent to an activating group) is 1. The molecule has 1 aliphatic carbocycles. The first-order valence-corrected chi connectivity index (χ1v) is 10.9. The first kappa shape index (κ1) is 19.4. The Morgan fingerprint density at radius 1 is 1.29 bits per heavy atom. The number of rotatable bonds is 6. The maximum Gasteiger partial charge on any atom is 0.265 e. The lowest BCUT2D eigenvalue weighted by molar-refractivity contribution is 0.0701. The van der Waals surface area contributed by atoms with Gasteiger partial charge in [-0.15, -0.1) is 0 Å². The lowest BCUT2D eigenvalue weighted by Gasteiger charge is -2.30. The van der Waals surface area contributed by atoms with Gasteiger partial charge in [0.05, 0.1) is 17.6 Å². The first-order chi connectivity index (χ1) is 13.6. The van der Waals surface area contributed by atoms with Crippen LogP contribution in [0.5, 0.6) is 0 Å². The lowest BCUT2D eigenvalue weighted by Crippen LogP contribution is -2.37. The monoisotopic (exact) mass is 400 g/mol. The summed E-state index contributed by atoms with van der Waals surface area (Å²) in [6.07, 6.45) is 7.88. The Kier molecular flexibility index (Phi) is 5.66. The van der Waals surface area contributed by atoms with Crippen LogP contribution < -0.4 is 0 Å². The van der Waals surface area contributed by atoms with Crippen molar-refractivity contribution in [2.24, 2.45) is 0 Å². The number of hydrogen-bond acceptors (Lipinski definition) is 5. The van der Waals surface area contributed by atoms with Crippen molar-refractivity contribution >= 4 is 33.2 Å². The highest BCUT2D eigenvalue weighted by atomic mass is 32.1. The number of amides is 1. The molecule has 0 unspecified atom stereocenters. The molecule has 0 aliphatic heterocycles. The fourth-order valence-corrected chi connectivity index (χ4v) is 5.10. The predicted octanol–water partition coefficient (Wildman–Crippen LogP) is 3.38. The Bertz CT molecular complexity index is 974. The van der Waals surface area contributed by atoms with Gasteiger partial charge in [0.2, 0.25) is 0 Å². The van der Waals surface area contributed by atoms with Gasteiger partial charge in [0.15, 0.2) is 4.96 Å². The van der Waals surface area contributed by atoms with Crippen LogP contribution in [-0.2, 0) is 6.54 Å². The van der Waals surface area contributed by atoms with Gasteiger partial charge in [-0.3, -0.25) is 14.1 Å². The Balaban J connectivity index is 1.60. The summed E-state index contributed by atoms with van der Waals surface area (Å²) in [7, 11) is 3.93. The van der Waals surface area contributed by atoms with Crippen LogP contribution in [0.3, 0.4) is 0 Å². The fraction of sp³-hybridized carbons (Fsp3) is 0.524. The predicted molar refractivity (Wildman–Crippen MR) is 113 cm³/mol. The van der Waals surface area contributed by atoms with Crippen molar-refractivity contribution in [1.82, 2.24) is 19.2 Å². The molecule has 4 rings (SSSR count). The molecule has 6 nitrogen and oxygen atoms in total. The molecule has 2 heterocycles. The van der Waals surface area contributed by atoms with E-state index < -0.39 is 0 Å². The second-order valence-electron chi connectivity index (χ2n) is 7.85. The highest BCUT2D eigenvalue weighted by molar-refractivity contribution is 7.18. The molecule has 0 radical (unpaired) electrons. The molecular formula is C21H28N4O2S. The molecule has 28 heavy (non-hydrogen) atoms. The zero-order valence-electron chi connectivity index (χ0n) is 16.6. The highest BCUT2D eigenvalue weighted by Crippen LogP contribution is 2.28. The van der Waals surface area contributed by atoms with Crippen LogP contribution in [0.1, 0.15) is 47.3 Å².